The summed E-state index contributed by atoms with van der Waals surface area (Å²) < 4.78 is 37.5. The molecule has 0 aliphatic carbocycles. The molecule has 0 spiro atoms. The number of halogens is 4. The summed E-state index contributed by atoms with van der Waals surface area (Å²) in [6, 6.07) is 0. The third-order valence-electron chi connectivity index (χ3n) is 3.57. The SMILES string of the molecule is CCCCC(CC)CNC(=NC)NCc1nc(C(F)(F)F)cs1.I. The van der Waals surface area contributed by atoms with Crippen LogP contribution < -0.4 is 10.6 Å². The maximum absolute atomic E-state index is 12.5. The van der Waals surface area contributed by atoms with E-state index >= 15 is 0 Å². The topological polar surface area (TPSA) is 49.3 Å². The monoisotopic (exact) mass is 478 g/mol. The van der Waals surface area contributed by atoms with E-state index < -0.39 is 11.9 Å². The summed E-state index contributed by atoms with van der Waals surface area (Å²) in [5.74, 6) is 1.16. The van der Waals surface area contributed by atoms with Gasteiger partial charge in [0.15, 0.2) is 11.7 Å². The highest BCUT2D eigenvalue weighted by Gasteiger charge is 2.33. The molecule has 0 aliphatic rings. The number of nitrogens with zero attached hydrogens (tertiary/aromatic N) is 2. The molecule has 1 aromatic rings. The van der Waals surface area contributed by atoms with Crippen molar-refractivity contribution in [2.75, 3.05) is 13.6 Å². The molecule has 0 aromatic carbocycles. The molecule has 140 valence electrons. The molecule has 0 bridgehead atoms. The third-order valence-corrected chi connectivity index (χ3v) is 4.42. The van der Waals surface area contributed by atoms with Gasteiger partial charge in [0, 0.05) is 19.0 Å². The first-order valence-corrected chi connectivity index (χ1v) is 8.74. The average Bonchev–Trinajstić information content (AvgIpc) is 2.99. The van der Waals surface area contributed by atoms with Crippen molar-refractivity contribution in [3.63, 3.8) is 0 Å². The molecule has 9 heteroatoms. The molecule has 0 saturated heterocycles. The molecule has 1 unspecified atom stereocenters. The molecule has 0 radical (unpaired) electrons. The van der Waals surface area contributed by atoms with Crippen molar-refractivity contribution in [2.45, 2.75) is 52.3 Å². The highest BCUT2D eigenvalue weighted by atomic mass is 127. The molecular weight excluding hydrogens is 452 g/mol. The van der Waals surface area contributed by atoms with Crippen LogP contribution in [0.15, 0.2) is 10.4 Å². The number of hydrogen-bond acceptors (Lipinski definition) is 3. The molecule has 0 aliphatic heterocycles. The van der Waals surface area contributed by atoms with Crippen LogP contribution in [0.3, 0.4) is 0 Å². The van der Waals surface area contributed by atoms with Crippen molar-refractivity contribution in [1.29, 1.82) is 0 Å². The van der Waals surface area contributed by atoms with Gasteiger partial charge in [-0.05, 0) is 12.3 Å². The maximum atomic E-state index is 12.5. The van der Waals surface area contributed by atoms with Gasteiger partial charge in [-0.1, -0.05) is 33.1 Å². The molecule has 24 heavy (non-hydrogen) atoms. The zero-order valence-electron chi connectivity index (χ0n) is 14.2. The highest BCUT2D eigenvalue weighted by molar-refractivity contribution is 14.0. The summed E-state index contributed by atoms with van der Waals surface area (Å²) in [6.45, 7) is 5.37. The molecule has 0 amide bonds. The number of rotatable bonds is 8. The Morgan fingerprint density at radius 3 is 2.54 bits per heavy atom. The average molecular weight is 478 g/mol. The molecule has 1 atom stereocenters. The second kappa shape index (κ2) is 11.9. The molecule has 1 heterocycles. The zero-order valence-corrected chi connectivity index (χ0v) is 17.4. The Kier molecular flexibility index (Phi) is 11.6. The maximum Gasteiger partial charge on any atom is 0.434 e. The predicted octanol–water partition coefficient (Wildman–Crippen LogP) is 4.66. The number of aliphatic imine (C=N–C) groups is 1. The Bertz CT molecular complexity index is 491. The molecular formula is C15H26F3IN4S. The summed E-state index contributed by atoms with van der Waals surface area (Å²) in [5.41, 5.74) is -0.840. The van der Waals surface area contributed by atoms with Crippen LogP contribution in [0.4, 0.5) is 13.2 Å². The fraction of sp³-hybridized carbons (Fsp3) is 0.733. The van der Waals surface area contributed by atoms with Crippen molar-refractivity contribution in [1.82, 2.24) is 15.6 Å². The van der Waals surface area contributed by atoms with Crippen LogP contribution in [0.5, 0.6) is 0 Å². The number of hydrogen-bond donors (Lipinski definition) is 2. The lowest BCUT2D eigenvalue weighted by Crippen LogP contribution is -2.39. The van der Waals surface area contributed by atoms with E-state index in [1.807, 2.05) is 0 Å². The van der Waals surface area contributed by atoms with E-state index in [4.69, 9.17) is 0 Å². The van der Waals surface area contributed by atoms with Gasteiger partial charge < -0.3 is 10.6 Å². The van der Waals surface area contributed by atoms with Crippen molar-refractivity contribution in [2.24, 2.45) is 10.9 Å². The second-order valence-electron chi connectivity index (χ2n) is 5.35. The van der Waals surface area contributed by atoms with Gasteiger partial charge in [0.1, 0.15) is 5.01 Å². The Balaban J connectivity index is 0.00000529. The van der Waals surface area contributed by atoms with Crippen molar-refractivity contribution < 1.29 is 13.2 Å². The number of aromatic nitrogens is 1. The Hall–Kier alpha value is -0.580. The summed E-state index contributed by atoms with van der Waals surface area (Å²) in [6.07, 6.45) is 0.243. The van der Waals surface area contributed by atoms with E-state index in [0.717, 1.165) is 29.7 Å². The van der Waals surface area contributed by atoms with E-state index in [1.165, 1.54) is 19.3 Å². The summed E-state index contributed by atoms with van der Waals surface area (Å²) in [7, 11) is 1.64. The number of nitrogens with one attached hydrogen (secondary N) is 2. The summed E-state index contributed by atoms with van der Waals surface area (Å²) in [4.78, 5) is 7.68. The third kappa shape index (κ3) is 8.50. The molecule has 4 nitrogen and oxygen atoms in total. The first-order valence-electron chi connectivity index (χ1n) is 7.86. The van der Waals surface area contributed by atoms with Gasteiger partial charge in [-0.15, -0.1) is 35.3 Å². The summed E-state index contributed by atoms with van der Waals surface area (Å²) >= 11 is 0.993. The number of guanidine groups is 1. The standard InChI is InChI=1S/C15H25F3N4S.HI/c1-4-6-7-11(5-2)8-20-14(19-3)21-9-13-22-12(10-23-13)15(16,17)18;/h10-11H,4-9H2,1-3H3,(H2,19,20,21);1H. The van der Waals surface area contributed by atoms with Gasteiger partial charge >= 0.3 is 6.18 Å². The fourth-order valence-electron chi connectivity index (χ4n) is 2.09. The van der Waals surface area contributed by atoms with Gasteiger partial charge in [-0.2, -0.15) is 13.2 Å². The Morgan fingerprint density at radius 1 is 1.33 bits per heavy atom. The van der Waals surface area contributed by atoms with E-state index in [-0.39, 0.29) is 30.5 Å². The predicted molar refractivity (Wildman–Crippen MR) is 104 cm³/mol. The van der Waals surface area contributed by atoms with Crippen LogP contribution in [0.2, 0.25) is 0 Å². The van der Waals surface area contributed by atoms with Gasteiger partial charge in [0.05, 0.1) is 6.54 Å². The van der Waals surface area contributed by atoms with E-state index in [9.17, 15) is 13.2 Å². The van der Waals surface area contributed by atoms with E-state index in [0.29, 0.717) is 16.9 Å². The van der Waals surface area contributed by atoms with Crippen LogP contribution in [0.25, 0.3) is 0 Å². The Labute approximate surface area is 162 Å². The first-order chi connectivity index (χ1) is 10.9. The number of unbranched alkanes of at least 4 members (excludes halogenated alkanes) is 1. The summed E-state index contributed by atoms with van der Waals surface area (Å²) in [5, 5.41) is 7.66. The zero-order chi connectivity index (χ0) is 17.3. The van der Waals surface area contributed by atoms with E-state index in [1.54, 1.807) is 7.05 Å². The number of alkyl halides is 3. The quantitative estimate of drug-likeness (QED) is 0.325. The molecule has 1 aromatic heterocycles. The minimum absolute atomic E-state index is 0. The highest BCUT2D eigenvalue weighted by Crippen LogP contribution is 2.29. The molecule has 0 fully saturated rings. The minimum Gasteiger partial charge on any atom is -0.356 e. The van der Waals surface area contributed by atoms with Crippen LogP contribution >= 0.6 is 35.3 Å². The first kappa shape index (κ1) is 23.4. The van der Waals surface area contributed by atoms with Crippen molar-refractivity contribution in [3.05, 3.63) is 16.1 Å². The smallest absolute Gasteiger partial charge is 0.356 e. The van der Waals surface area contributed by atoms with E-state index in [2.05, 4.69) is 34.5 Å². The molecule has 1 rings (SSSR count). The van der Waals surface area contributed by atoms with Crippen molar-refractivity contribution >= 4 is 41.3 Å². The number of thiazole rings is 1. The van der Waals surface area contributed by atoms with Gasteiger partial charge in [-0.25, -0.2) is 4.98 Å². The van der Waals surface area contributed by atoms with Crippen LogP contribution in [-0.2, 0) is 12.7 Å². The minimum atomic E-state index is -4.39. The molecule has 2 N–H and O–H groups in total. The second-order valence-corrected chi connectivity index (χ2v) is 6.29. The Morgan fingerprint density at radius 2 is 2.04 bits per heavy atom. The molecule has 0 saturated carbocycles. The van der Waals surface area contributed by atoms with Gasteiger partial charge in [-0.3, -0.25) is 4.99 Å². The van der Waals surface area contributed by atoms with Crippen LogP contribution in [0.1, 0.15) is 50.2 Å². The lowest BCUT2D eigenvalue weighted by molar-refractivity contribution is -0.140. The van der Waals surface area contributed by atoms with Crippen LogP contribution in [0, 0.1) is 5.92 Å². The lowest BCUT2D eigenvalue weighted by atomic mass is 9.99. The fourth-order valence-corrected chi connectivity index (χ4v) is 2.83. The lowest BCUT2D eigenvalue weighted by Gasteiger charge is -2.17. The normalized spacial score (nSPS) is 13.3. The van der Waals surface area contributed by atoms with Gasteiger partial charge in [0.25, 0.3) is 0 Å². The van der Waals surface area contributed by atoms with Gasteiger partial charge in [0.2, 0.25) is 0 Å². The largest absolute Gasteiger partial charge is 0.434 e. The van der Waals surface area contributed by atoms with Crippen molar-refractivity contribution in [3.8, 4) is 0 Å². The van der Waals surface area contributed by atoms with Crippen LogP contribution in [-0.4, -0.2) is 24.5 Å².